The zero-order valence-corrected chi connectivity index (χ0v) is 17.3. The summed E-state index contributed by atoms with van der Waals surface area (Å²) in [5.74, 6) is 1.51. The molecule has 156 valence electrons. The molecule has 6 heteroatoms. The van der Waals surface area contributed by atoms with Crippen molar-refractivity contribution in [2.45, 2.75) is 64.8 Å². The molecule has 0 saturated heterocycles. The number of amides is 3. The van der Waals surface area contributed by atoms with E-state index < -0.39 is 11.9 Å². The van der Waals surface area contributed by atoms with Crippen LogP contribution in [0.5, 0.6) is 0 Å². The lowest BCUT2D eigenvalue weighted by molar-refractivity contribution is -0.134. The lowest BCUT2D eigenvalue weighted by atomic mass is 9.49. The van der Waals surface area contributed by atoms with Crippen LogP contribution in [0.4, 0.5) is 0 Å². The minimum absolute atomic E-state index is 0.127. The Balaban J connectivity index is 1.25. The second-order valence-corrected chi connectivity index (χ2v) is 9.70. The molecule has 4 aliphatic rings. The van der Waals surface area contributed by atoms with E-state index >= 15 is 0 Å². The van der Waals surface area contributed by atoms with Gasteiger partial charge >= 0.3 is 0 Å². The molecule has 3 amide bonds. The molecule has 4 saturated carbocycles. The van der Waals surface area contributed by atoms with Gasteiger partial charge in [-0.05, 0) is 87.7 Å². The Bertz CT molecular complexity index is 784. The predicted molar refractivity (Wildman–Crippen MR) is 110 cm³/mol. The van der Waals surface area contributed by atoms with Crippen LogP contribution < -0.4 is 16.2 Å². The Hall–Kier alpha value is -2.37. The van der Waals surface area contributed by atoms with Crippen molar-refractivity contribution in [2.75, 3.05) is 0 Å². The number of nitrogens with one attached hydrogen (secondary N) is 3. The van der Waals surface area contributed by atoms with Gasteiger partial charge in [0.2, 0.25) is 5.91 Å². The third kappa shape index (κ3) is 4.46. The lowest BCUT2D eigenvalue weighted by Gasteiger charge is -2.56. The molecule has 4 aliphatic carbocycles. The summed E-state index contributed by atoms with van der Waals surface area (Å²) in [6, 6.07) is 6.45. The van der Waals surface area contributed by atoms with Gasteiger partial charge in [0.05, 0.1) is 0 Å². The Kier molecular flexibility index (Phi) is 5.36. The number of aryl methyl sites for hydroxylation is 1. The van der Waals surface area contributed by atoms with E-state index in [1.807, 2.05) is 13.0 Å². The van der Waals surface area contributed by atoms with E-state index in [4.69, 9.17) is 0 Å². The summed E-state index contributed by atoms with van der Waals surface area (Å²) < 4.78 is 0. The highest BCUT2D eigenvalue weighted by atomic mass is 16.2. The summed E-state index contributed by atoms with van der Waals surface area (Å²) in [5.41, 5.74) is 6.67. The van der Waals surface area contributed by atoms with Gasteiger partial charge in [0.15, 0.2) is 0 Å². The second-order valence-electron chi connectivity index (χ2n) is 9.70. The molecule has 0 radical (unpaired) electrons. The molecule has 0 aromatic heterocycles. The van der Waals surface area contributed by atoms with Crippen molar-refractivity contribution in [2.24, 2.45) is 23.2 Å². The first-order valence-corrected chi connectivity index (χ1v) is 10.8. The number of benzene rings is 1. The standard InChI is InChI=1S/C23H31N3O3/c1-14-4-3-5-19(6-14)22(29)24-15(2)21(28)26-25-20(27)13-23-10-16-7-17(11-23)9-18(8-16)12-23/h3-6,15-18H,7-13H2,1-2H3,(H,24,29)(H,25,27)(H,26,28)/t15-,16?,17?,18?,23?/m0/s1. The van der Waals surface area contributed by atoms with E-state index in [0.717, 1.165) is 42.6 Å². The summed E-state index contributed by atoms with van der Waals surface area (Å²) >= 11 is 0. The van der Waals surface area contributed by atoms with E-state index in [-0.39, 0.29) is 17.2 Å². The molecule has 6 nitrogen and oxygen atoms in total. The van der Waals surface area contributed by atoms with Crippen LogP contribution in [0.2, 0.25) is 0 Å². The van der Waals surface area contributed by atoms with Crippen LogP contribution in [0, 0.1) is 30.1 Å². The molecule has 0 unspecified atom stereocenters. The Morgan fingerprint density at radius 3 is 2.24 bits per heavy atom. The van der Waals surface area contributed by atoms with Crippen molar-refractivity contribution in [3.05, 3.63) is 35.4 Å². The van der Waals surface area contributed by atoms with E-state index in [1.54, 1.807) is 25.1 Å². The maximum atomic E-state index is 12.5. The smallest absolute Gasteiger partial charge is 0.260 e. The molecule has 0 aliphatic heterocycles. The average molecular weight is 398 g/mol. The highest BCUT2D eigenvalue weighted by Gasteiger charge is 2.51. The Morgan fingerprint density at radius 1 is 1.03 bits per heavy atom. The Morgan fingerprint density at radius 2 is 1.66 bits per heavy atom. The number of hydrazine groups is 1. The average Bonchev–Trinajstić information content (AvgIpc) is 2.64. The minimum Gasteiger partial charge on any atom is -0.340 e. The maximum Gasteiger partial charge on any atom is 0.260 e. The fraction of sp³-hybridized carbons (Fsp3) is 0.609. The van der Waals surface area contributed by atoms with Gasteiger partial charge in [0.1, 0.15) is 6.04 Å². The summed E-state index contributed by atoms with van der Waals surface area (Å²) in [4.78, 5) is 37.1. The zero-order valence-electron chi connectivity index (χ0n) is 17.3. The minimum atomic E-state index is -0.747. The molecule has 1 aromatic carbocycles. The molecule has 0 heterocycles. The van der Waals surface area contributed by atoms with E-state index in [9.17, 15) is 14.4 Å². The Labute approximate surface area is 172 Å². The van der Waals surface area contributed by atoms with Gasteiger partial charge in [-0.1, -0.05) is 17.7 Å². The molecule has 4 fully saturated rings. The van der Waals surface area contributed by atoms with Crippen LogP contribution in [0.15, 0.2) is 24.3 Å². The lowest BCUT2D eigenvalue weighted by Crippen LogP contribution is -2.53. The fourth-order valence-electron chi connectivity index (χ4n) is 6.26. The number of rotatable bonds is 5. The molecule has 3 N–H and O–H groups in total. The van der Waals surface area contributed by atoms with Crippen molar-refractivity contribution < 1.29 is 14.4 Å². The van der Waals surface area contributed by atoms with Gasteiger partial charge < -0.3 is 5.32 Å². The van der Waals surface area contributed by atoms with E-state index in [1.165, 1.54) is 19.3 Å². The van der Waals surface area contributed by atoms with Crippen molar-refractivity contribution in [1.29, 1.82) is 0 Å². The van der Waals surface area contributed by atoms with Gasteiger partial charge in [-0.3, -0.25) is 25.2 Å². The maximum absolute atomic E-state index is 12.5. The zero-order chi connectivity index (χ0) is 20.6. The third-order valence-corrected chi connectivity index (χ3v) is 7.05. The highest BCUT2D eigenvalue weighted by Crippen LogP contribution is 2.61. The summed E-state index contributed by atoms with van der Waals surface area (Å²) in [7, 11) is 0. The third-order valence-electron chi connectivity index (χ3n) is 7.05. The number of hydrogen-bond donors (Lipinski definition) is 3. The molecule has 1 aromatic rings. The van der Waals surface area contributed by atoms with Crippen LogP contribution in [0.1, 0.15) is 67.8 Å². The van der Waals surface area contributed by atoms with Crippen LogP contribution in [-0.2, 0) is 9.59 Å². The van der Waals surface area contributed by atoms with Gasteiger partial charge in [-0.15, -0.1) is 0 Å². The summed E-state index contributed by atoms with van der Waals surface area (Å²) in [6.45, 7) is 3.51. The quantitative estimate of drug-likeness (QED) is 0.668. The molecule has 0 spiro atoms. The van der Waals surface area contributed by atoms with E-state index in [2.05, 4.69) is 16.2 Å². The molecular formula is C23H31N3O3. The second kappa shape index (κ2) is 7.81. The molecule has 29 heavy (non-hydrogen) atoms. The topological polar surface area (TPSA) is 87.3 Å². The number of hydrogen-bond acceptors (Lipinski definition) is 3. The van der Waals surface area contributed by atoms with E-state index in [0.29, 0.717) is 12.0 Å². The van der Waals surface area contributed by atoms with Gasteiger partial charge in [0.25, 0.3) is 11.8 Å². The molecule has 1 atom stereocenters. The normalized spacial score (nSPS) is 30.5. The van der Waals surface area contributed by atoms with Crippen molar-refractivity contribution in [1.82, 2.24) is 16.2 Å². The van der Waals surface area contributed by atoms with Crippen molar-refractivity contribution >= 4 is 17.7 Å². The van der Waals surface area contributed by atoms with Crippen molar-refractivity contribution in [3.63, 3.8) is 0 Å². The first-order valence-electron chi connectivity index (χ1n) is 10.8. The molecule has 4 bridgehead atoms. The van der Waals surface area contributed by atoms with Crippen LogP contribution in [-0.4, -0.2) is 23.8 Å². The van der Waals surface area contributed by atoms with Crippen molar-refractivity contribution in [3.8, 4) is 0 Å². The fourth-order valence-corrected chi connectivity index (χ4v) is 6.26. The van der Waals surface area contributed by atoms with Gasteiger partial charge in [-0.2, -0.15) is 0 Å². The molecular weight excluding hydrogens is 366 g/mol. The predicted octanol–water partition coefficient (Wildman–Crippen LogP) is 2.87. The SMILES string of the molecule is Cc1cccc(C(=O)N[C@@H](C)C(=O)NNC(=O)CC23CC4CC(CC(C4)C2)C3)c1. The highest BCUT2D eigenvalue weighted by molar-refractivity contribution is 5.97. The molecule has 5 rings (SSSR count). The monoisotopic (exact) mass is 397 g/mol. The van der Waals surface area contributed by atoms with Gasteiger partial charge in [-0.25, -0.2) is 0 Å². The number of carbonyl (C=O) groups is 3. The van der Waals surface area contributed by atoms with Gasteiger partial charge in [0, 0.05) is 12.0 Å². The van der Waals surface area contributed by atoms with Crippen LogP contribution >= 0.6 is 0 Å². The van der Waals surface area contributed by atoms with Crippen LogP contribution in [0.3, 0.4) is 0 Å². The first kappa shape index (κ1) is 19.9. The first-order chi connectivity index (χ1) is 13.8. The summed E-state index contributed by atoms with van der Waals surface area (Å²) in [6.07, 6.45) is 7.98. The largest absolute Gasteiger partial charge is 0.340 e. The summed E-state index contributed by atoms with van der Waals surface area (Å²) in [5, 5.41) is 2.67. The van der Waals surface area contributed by atoms with Crippen LogP contribution in [0.25, 0.3) is 0 Å². The number of carbonyl (C=O) groups excluding carboxylic acids is 3.